The maximum absolute atomic E-state index is 11.3. The van der Waals surface area contributed by atoms with E-state index < -0.39 is 12.0 Å². The maximum Gasteiger partial charge on any atom is 0.327 e. The van der Waals surface area contributed by atoms with Crippen LogP contribution in [0, 0.1) is 0 Å². The third kappa shape index (κ3) is 1.40. The number of hydrogen-bond acceptors (Lipinski definition) is 4. The molecule has 0 spiro atoms. The van der Waals surface area contributed by atoms with Crippen LogP contribution in [0.15, 0.2) is 35.6 Å². The van der Waals surface area contributed by atoms with Crippen LogP contribution < -0.4 is 0 Å². The monoisotopic (exact) mass is 271 g/mol. The molecule has 1 aromatic carbocycles. The number of carboxylic acid groups (broad SMARTS) is 1. The second-order valence-electron chi connectivity index (χ2n) is 4.44. The van der Waals surface area contributed by atoms with Crippen LogP contribution >= 0.6 is 11.8 Å². The van der Waals surface area contributed by atoms with E-state index in [0.29, 0.717) is 11.6 Å². The molecule has 6 heteroatoms. The normalized spacial score (nSPS) is 18.0. The zero-order valence-corrected chi connectivity index (χ0v) is 10.6. The van der Waals surface area contributed by atoms with E-state index in [-0.39, 0.29) is 0 Å². The van der Waals surface area contributed by atoms with Crippen LogP contribution in [0.5, 0.6) is 0 Å². The molecule has 0 bridgehead atoms. The van der Waals surface area contributed by atoms with Crippen LogP contribution in [0.4, 0.5) is 0 Å². The molecule has 0 amide bonds. The van der Waals surface area contributed by atoms with Crippen LogP contribution in [0.1, 0.15) is 6.04 Å². The molecule has 4 rings (SSSR count). The summed E-state index contributed by atoms with van der Waals surface area (Å²) in [6.07, 6.45) is 1.79. The van der Waals surface area contributed by atoms with Gasteiger partial charge in [-0.3, -0.25) is 4.57 Å². The Kier molecular flexibility index (Phi) is 2.11. The molecule has 0 aliphatic carbocycles. The number of hydrogen-bond donors (Lipinski definition) is 1. The number of aliphatic carboxylic acids is 1. The van der Waals surface area contributed by atoms with E-state index >= 15 is 0 Å². The van der Waals surface area contributed by atoms with Gasteiger partial charge in [0.05, 0.1) is 5.52 Å². The number of thioether (sulfide) groups is 1. The summed E-state index contributed by atoms with van der Waals surface area (Å²) < 4.78 is 1.74. The molecular weight excluding hydrogens is 262 g/mol. The molecule has 1 unspecified atom stereocenters. The van der Waals surface area contributed by atoms with Crippen LogP contribution in [0.3, 0.4) is 0 Å². The van der Waals surface area contributed by atoms with Gasteiger partial charge in [0.25, 0.3) is 0 Å². The van der Waals surface area contributed by atoms with Crippen molar-refractivity contribution in [3.05, 3.63) is 30.5 Å². The predicted molar refractivity (Wildman–Crippen MR) is 71.5 cm³/mol. The SMILES string of the molecule is O=C(O)C1CSc2ncc3c4ccccc4nc-3n21. The van der Waals surface area contributed by atoms with E-state index in [0.717, 1.165) is 21.6 Å². The number of para-hydroxylation sites is 1. The quantitative estimate of drug-likeness (QED) is 0.688. The largest absolute Gasteiger partial charge is 0.480 e. The third-order valence-electron chi connectivity index (χ3n) is 3.37. The second-order valence-corrected chi connectivity index (χ2v) is 5.43. The number of rotatable bonds is 1. The van der Waals surface area contributed by atoms with Gasteiger partial charge in [-0.25, -0.2) is 14.8 Å². The standard InChI is InChI=1S/C13H9N3O2S/c17-12(18)10-6-19-13-14-5-8-7-3-1-2-4-9(7)15-11(8)16(10)13/h1-5,10H,6H2,(H,17,18). The molecule has 5 nitrogen and oxygen atoms in total. The van der Waals surface area contributed by atoms with Crippen molar-refractivity contribution in [2.24, 2.45) is 0 Å². The Morgan fingerprint density at radius 3 is 3.11 bits per heavy atom. The van der Waals surface area contributed by atoms with Crippen LogP contribution in [-0.2, 0) is 4.79 Å². The Labute approximate surface area is 112 Å². The molecule has 1 atom stereocenters. The Bertz CT molecular complexity index is 783. The fraction of sp³-hybridized carbons (Fsp3) is 0.154. The van der Waals surface area contributed by atoms with Gasteiger partial charge in [-0.05, 0) is 6.07 Å². The molecule has 94 valence electrons. The van der Waals surface area contributed by atoms with E-state index in [4.69, 9.17) is 0 Å². The molecular formula is C13H9N3O2S. The highest BCUT2D eigenvalue weighted by Gasteiger charge is 2.33. The first-order chi connectivity index (χ1) is 9.25. The summed E-state index contributed by atoms with van der Waals surface area (Å²) >= 11 is 1.46. The van der Waals surface area contributed by atoms with Gasteiger partial charge in [-0.1, -0.05) is 30.0 Å². The lowest BCUT2D eigenvalue weighted by Gasteiger charge is -2.13. The average molecular weight is 271 g/mol. The molecule has 1 aromatic rings. The molecule has 3 heterocycles. The van der Waals surface area contributed by atoms with Crippen molar-refractivity contribution in [1.29, 1.82) is 0 Å². The minimum atomic E-state index is -0.836. The first-order valence-electron chi connectivity index (χ1n) is 5.87. The summed E-state index contributed by atoms with van der Waals surface area (Å²) in [4.78, 5) is 20.3. The van der Waals surface area contributed by atoms with Crippen molar-refractivity contribution in [3.8, 4) is 11.4 Å². The van der Waals surface area contributed by atoms with Gasteiger partial charge in [-0.15, -0.1) is 0 Å². The average Bonchev–Trinajstić information content (AvgIpc) is 2.99. The molecule has 3 aliphatic rings. The highest BCUT2D eigenvalue weighted by molar-refractivity contribution is 7.99. The van der Waals surface area contributed by atoms with E-state index in [1.54, 1.807) is 10.8 Å². The van der Waals surface area contributed by atoms with Gasteiger partial charge in [-0.2, -0.15) is 0 Å². The number of aromatic nitrogens is 3. The highest BCUT2D eigenvalue weighted by atomic mass is 32.2. The summed E-state index contributed by atoms with van der Waals surface area (Å²) in [6.45, 7) is 0. The van der Waals surface area contributed by atoms with E-state index in [1.165, 1.54) is 11.8 Å². The number of benzene rings is 1. The van der Waals surface area contributed by atoms with Gasteiger partial charge in [0.1, 0.15) is 11.9 Å². The van der Waals surface area contributed by atoms with Crippen LogP contribution in [0.25, 0.3) is 22.3 Å². The van der Waals surface area contributed by atoms with E-state index in [2.05, 4.69) is 9.97 Å². The van der Waals surface area contributed by atoms with Crippen molar-refractivity contribution in [2.75, 3.05) is 5.75 Å². The summed E-state index contributed by atoms with van der Waals surface area (Å²) in [7, 11) is 0. The summed E-state index contributed by atoms with van der Waals surface area (Å²) in [5.74, 6) is 0.381. The fourth-order valence-corrected chi connectivity index (χ4v) is 3.55. The van der Waals surface area contributed by atoms with Crippen molar-refractivity contribution in [1.82, 2.24) is 14.5 Å². The summed E-state index contributed by atoms with van der Waals surface area (Å²) in [6, 6.07) is 7.21. The Morgan fingerprint density at radius 1 is 1.42 bits per heavy atom. The van der Waals surface area contributed by atoms with Gasteiger partial charge >= 0.3 is 5.97 Å². The van der Waals surface area contributed by atoms with Gasteiger partial charge in [0.2, 0.25) is 0 Å². The summed E-state index contributed by atoms with van der Waals surface area (Å²) in [5.41, 5.74) is 1.79. The lowest BCUT2D eigenvalue weighted by molar-refractivity contribution is -0.140. The van der Waals surface area contributed by atoms with Crippen LogP contribution in [0.2, 0.25) is 0 Å². The van der Waals surface area contributed by atoms with Crippen molar-refractivity contribution < 1.29 is 9.90 Å². The Balaban J connectivity index is 2.08. The second kappa shape index (κ2) is 3.71. The zero-order chi connectivity index (χ0) is 13.0. The van der Waals surface area contributed by atoms with E-state index in [1.807, 2.05) is 24.3 Å². The molecule has 3 aliphatic heterocycles. The van der Waals surface area contributed by atoms with Gasteiger partial charge in [0, 0.05) is 22.9 Å². The number of nitrogens with zero attached hydrogens (tertiary/aromatic N) is 3. The molecule has 1 N–H and O–H groups in total. The molecule has 0 radical (unpaired) electrons. The number of carbonyl (C=O) groups is 1. The first-order valence-corrected chi connectivity index (χ1v) is 6.85. The third-order valence-corrected chi connectivity index (χ3v) is 4.41. The molecule has 19 heavy (non-hydrogen) atoms. The van der Waals surface area contributed by atoms with Gasteiger partial charge < -0.3 is 5.11 Å². The van der Waals surface area contributed by atoms with E-state index in [9.17, 15) is 9.90 Å². The van der Waals surface area contributed by atoms with Crippen LogP contribution in [-0.4, -0.2) is 31.4 Å². The van der Waals surface area contributed by atoms with Crippen molar-refractivity contribution >= 4 is 28.6 Å². The zero-order valence-electron chi connectivity index (χ0n) is 9.78. The molecule has 0 saturated heterocycles. The maximum atomic E-state index is 11.3. The minimum absolute atomic E-state index is 0.505. The van der Waals surface area contributed by atoms with Crippen molar-refractivity contribution in [2.45, 2.75) is 11.2 Å². The molecule has 0 aromatic heterocycles. The smallest absolute Gasteiger partial charge is 0.327 e. The molecule has 0 fully saturated rings. The topological polar surface area (TPSA) is 68.0 Å². The number of carboxylic acids is 1. The first kappa shape index (κ1) is 10.8. The highest BCUT2D eigenvalue weighted by Crippen LogP contribution is 2.40. The Hall–Kier alpha value is -2.08. The summed E-state index contributed by atoms with van der Waals surface area (Å²) in [5, 5.41) is 11.0. The lowest BCUT2D eigenvalue weighted by atomic mass is 10.1. The lowest BCUT2D eigenvalue weighted by Crippen LogP contribution is -2.20. The molecule has 0 saturated carbocycles. The van der Waals surface area contributed by atoms with Crippen molar-refractivity contribution in [3.63, 3.8) is 0 Å². The minimum Gasteiger partial charge on any atom is -0.480 e. The number of fused-ring (bicyclic) bond motifs is 5. The van der Waals surface area contributed by atoms with Gasteiger partial charge in [0.15, 0.2) is 5.16 Å². The fourth-order valence-electron chi connectivity index (χ4n) is 2.47. The Morgan fingerprint density at radius 2 is 2.26 bits per heavy atom. The predicted octanol–water partition coefficient (Wildman–Crippen LogP) is 2.27.